The number of phenolic OH excluding ortho intramolecular Hbond substituents is 1. The van der Waals surface area contributed by atoms with Gasteiger partial charge in [-0.05, 0) is 36.5 Å². The zero-order valence-electron chi connectivity index (χ0n) is 9.98. The molecule has 1 saturated carbocycles. The second-order valence-electron chi connectivity index (χ2n) is 4.82. The van der Waals surface area contributed by atoms with Gasteiger partial charge in [-0.25, -0.2) is 0 Å². The summed E-state index contributed by atoms with van der Waals surface area (Å²) in [6.07, 6.45) is 1.20. The van der Waals surface area contributed by atoms with Crippen molar-refractivity contribution in [3.8, 4) is 5.75 Å². The number of hydrogen-bond acceptors (Lipinski definition) is 2. The maximum absolute atomic E-state index is 12.1. The lowest BCUT2D eigenvalue weighted by molar-refractivity contribution is 0.0784. The van der Waals surface area contributed by atoms with Crippen LogP contribution in [0.5, 0.6) is 5.75 Å². The molecule has 0 aromatic heterocycles. The predicted molar refractivity (Wildman–Crippen MR) is 70.0 cm³/mol. The summed E-state index contributed by atoms with van der Waals surface area (Å²) >= 11 is 3.26. The van der Waals surface area contributed by atoms with Crippen LogP contribution in [0.4, 0.5) is 0 Å². The Bertz CT molecular complexity index is 447. The van der Waals surface area contributed by atoms with E-state index in [4.69, 9.17) is 0 Å². The molecular formula is C13H16BrNO2. The van der Waals surface area contributed by atoms with E-state index in [9.17, 15) is 9.90 Å². The summed E-state index contributed by atoms with van der Waals surface area (Å²) in [5.74, 6) is 1.26. The molecule has 1 aliphatic rings. The molecule has 1 amide bonds. The van der Waals surface area contributed by atoms with Gasteiger partial charge in [0.1, 0.15) is 5.75 Å². The molecule has 1 aliphatic carbocycles. The monoisotopic (exact) mass is 297 g/mol. The van der Waals surface area contributed by atoms with Gasteiger partial charge in [0.25, 0.3) is 5.91 Å². The van der Waals surface area contributed by atoms with Gasteiger partial charge in [0.05, 0.1) is 5.56 Å². The maximum Gasteiger partial charge on any atom is 0.257 e. The fourth-order valence-corrected chi connectivity index (χ4v) is 2.33. The highest BCUT2D eigenvalue weighted by atomic mass is 79.9. The first-order valence-electron chi connectivity index (χ1n) is 5.73. The van der Waals surface area contributed by atoms with Crippen molar-refractivity contribution in [3.63, 3.8) is 0 Å². The SMILES string of the molecule is CC1CC1CN(C)C(=O)c1ccc(Br)cc1O. The first-order valence-corrected chi connectivity index (χ1v) is 6.52. The Hall–Kier alpha value is -1.03. The van der Waals surface area contributed by atoms with Crippen LogP contribution in [0.15, 0.2) is 22.7 Å². The van der Waals surface area contributed by atoms with Crippen LogP contribution in [-0.2, 0) is 0 Å². The van der Waals surface area contributed by atoms with Gasteiger partial charge in [0.15, 0.2) is 0 Å². The van der Waals surface area contributed by atoms with E-state index in [1.54, 1.807) is 30.1 Å². The fourth-order valence-electron chi connectivity index (χ4n) is 1.98. The Morgan fingerprint density at radius 3 is 2.76 bits per heavy atom. The third kappa shape index (κ3) is 2.80. The fraction of sp³-hybridized carbons (Fsp3) is 0.462. The van der Waals surface area contributed by atoms with Gasteiger partial charge < -0.3 is 10.0 Å². The first kappa shape index (κ1) is 12.4. The quantitative estimate of drug-likeness (QED) is 0.932. The molecule has 3 nitrogen and oxygen atoms in total. The first-order chi connectivity index (χ1) is 7.99. The Balaban J connectivity index is 2.07. The molecule has 2 unspecified atom stereocenters. The van der Waals surface area contributed by atoms with E-state index in [0.717, 1.165) is 16.9 Å². The van der Waals surface area contributed by atoms with Gasteiger partial charge in [-0.2, -0.15) is 0 Å². The van der Waals surface area contributed by atoms with Crippen LogP contribution in [0.25, 0.3) is 0 Å². The summed E-state index contributed by atoms with van der Waals surface area (Å²) in [7, 11) is 1.79. The largest absolute Gasteiger partial charge is 0.507 e. The van der Waals surface area contributed by atoms with Crippen LogP contribution in [0, 0.1) is 11.8 Å². The molecular weight excluding hydrogens is 282 g/mol. The molecule has 2 atom stereocenters. The van der Waals surface area contributed by atoms with Gasteiger partial charge in [0, 0.05) is 18.1 Å². The highest BCUT2D eigenvalue weighted by Crippen LogP contribution is 2.38. The van der Waals surface area contributed by atoms with Gasteiger partial charge >= 0.3 is 0 Å². The highest BCUT2D eigenvalue weighted by molar-refractivity contribution is 9.10. The minimum Gasteiger partial charge on any atom is -0.507 e. The number of phenols is 1. The minimum atomic E-state index is -0.117. The number of carbonyl (C=O) groups excluding carboxylic acids is 1. The van der Waals surface area contributed by atoms with E-state index in [0.29, 0.717) is 11.5 Å². The molecule has 0 bridgehead atoms. The predicted octanol–water partition coefficient (Wildman–Crippen LogP) is 2.88. The van der Waals surface area contributed by atoms with Crippen LogP contribution in [0.1, 0.15) is 23.7 Å². The summed E-state index contributed by atoms with van der Waals surface area (Å²) in [6.45, 7) is 2.97. The average molecular weight is 298 g/mol. The van der Waals surface area contributed by atoms with Crippen molar-refractivity contribution in [1.29, 1.82) is 0 Å². The number of carbonyl (C=O) groups is 1. The van der Waals surface area contributed by atoms with Gasteiger partial charge in [-0.1, -0.05) is 22.9 Å². The van der Waals surface area contributed by atoms with E-state index in [-0.39, 0.29) is 11.7 Å². The Morgan fingerprint density at radius 1 is 1.59 bits per heavy atom. The van der Waals surface area contributed by atoms with Gasteiger partial charge in [0.2, 0.25) is 0 Å². The van der Waals surface area contributed by atoms with Crippen LogP contribution >= 0.6 is 15.9 Å². The van der Waals surface area contributed by atoms with Crippen LogP contribution in [0.3, 0.4) is 0 Å². The van der Waals surface area contributed by atoms with E-state index in [2.05, 4.69) is 22.9 Å². The number of amides is 1. The summed E-state index contributed by atoms with van der Waals surface area (Å²) in [4.78, 5) is 13.8. The van der Waals surface area contributed by atoms with Crippen molar-refractivity contribution in [3.05, 3.63) is 28.2 Å². The van der Waals surface area contributed by atoms with Crippen molar-refractivity contribution in [1.82, 2.24) is 4.90 Å². The van der Waals surface area contributed by atoms with E-state index < -0.39 is 0 Å². The molecule has 4 heteroatoms. The lowest BCUT2D eigenvalue weighted by Crippen LogP contribution is -2.29. The molecule has 17 heavy (non-hydrogen) atoms. The van der Waals surface area contributed by atoms with Crippen LogP contribution in [0.2, 0.25) is 0 Å². The minimum absolute atomic E-state index is 0.0278. The van der Waals surface area contributed by atoms with E-state index in [1.165, 1.54) is 6.42 Å². The normalized spacial score (nSPS) is 22.3. The molecule has 0 saturated heterocycles. The summed E-state index contributed by atoms with van der Waals surface area (Å²) in [5.41, 5.74) is 0.365. The molecule has 0 radical (unpaired) electrons. The second kappa shape index (κ2) is 4.69. The lowest BCUT2D eigenvalue weighted by Gasteiger charge is -2.17. The van der Waals surface area contributed by atoms with E-state index >= 15 is 0 Å². The third-order valence-electron chi connectivity index (χ3n) is 3.32. The number of nitrogens with zero attached hydrogens (tertiary/aromatic N) is 1. The maximum atomic E-state index is 12.1. The molecule has 2 rings (SSSR count). The standard InChI is InChI=1S/C13H16BrNO2/c1-8-5-9(8)7-15(2)13(17)11-4-3-10(14)6-12(11)16/h3-4,6,8-9,16H,5,7H2,1-2H3. The third-order valence-corrected chi connectivity index (χ3v) is 3.81. The van der Waals surface area contributed by atoms with Crippen molar-refractivity contribution in [2.24, 2.45) is 11.8 Å². The van der Waals surface area contributed by atoms with Crippen molar-refractivity contribution >= 4 is 21.8 Å². The summed E-state index contributed by atoms with van der Waals surface area (Å²) in [6, 6.07) is 4.95. The number of hydrogen-bond donors (Lipinski definition) is 1. The molecule has 92 valence electrons. The summed E-state index contributed by atoms with van der Waals surface area (Å²) < 4.78 is 0.769. The van der Waals surface area contributed by atoms with Crippen molar-refractivity contribution in [2.75, 3.05) is 13.6 Å². The lowest BCUT2D eigenvalue weighted by atomic mass is 10.1. The van der Waals surface area contributed by atoms with Crippen LogP contribution < -0.4 is 0 Å². The summed E-state index contributed by atoms with van der Waals surface area (Å²) in [5, 5.41) is 9.73. The molecule has 1 aromatic carbocycles. The smallest absolute Gasteiger partial charge is 0.257 e. The number of halogens is 1. The Morgan fingerprint density at radius 2 is 2.24 bits per heavy atom. The number of rotatable bonds is 3. The molecule has 0 aliphatic heterocycles. The zero-order valence-corrected chi connectivity index (χ0v) is 11.6. The van der Waals surface area contributed by atoms with Gasteiger partial charge in [-0.15, -0.1) is 0 Å². The van der Waals surface area contributed by atoms with Crippen molar-refractivity contribution in [2.45, 2.75) is 13.3 Å². The second-order valence-corrected chi connectivity index (χ2v) is 5.74. The molecule has 1 N–H and O–H groups in total. The highest BCUT2D eigenvalue weighted by Gasteiger charge is 2.34. The zero-order chi connectivity index (χ0) is 12.6. The molecule has 1 fully saturated rings. The average Bonchev–Trinajstić information content (AvgIpc) is 2.93. The number of aromatic hydroxyl groups is 1. The Kier molecular flexibility index (Phi) is 3.43. The van der Waals surface area contributed by atoms with Crippen LogP contribution in [-0.4, -0.2) is 29.5 Å². The van der Waals surface area contributed by atoms with Crippen molar-refractivity contribution < 1.29 is 9.90 Å². The topological polar surface area (TPSA) is 40.5 Å². The van der Waals surface area contributed by atoms with E-state index in [1.807, 2.05) is 0 Å². The molecule has 0 spiro atoms. The molecule has 0 heterocycles. The molecule has 1 aromatic rings. The number of benzene rings is 1. The Labute approximate surface area is 110 Å². The van der Waals surface area contributed by atoms with Gasteiger partial charge in [-0.3, -0.25) is 4.79 Å².